The highest BCUT2D eigenvalue weighted by Gasteiger charge is 2.48. The van der Waals surface area contributed by atoms with Crippen LogP contribution in [0, 0.1) is 0 Å². The highest BCUT2D eigenvalue weighted by Crippen LogP contribution is 2.28. The molecule has 152 valence electrons. The predicted molar refractivity (Wildman–Crippen MR) is 102 cm³/mol. The molecule has 0 bridgehead atoms. The third kappa shape index (κ3) is 5.20. The van der Waals surface area contributed by atoms with Crippen molar-refractivity contribution in [1.82, 2.24) is 0 Å². The molecular weight excluding hydrogens is 376 g/mol. The Hall–Kier alpha value is -3.19. The molecule has 2 aromatic rings. The molecule has 3 rings (SSSR count). The Bertz CT molecular complexity index is 850. The standard InChI is InChI=1S/C22H22O7/c1-14-19(28-15(2)23)20(29-22(25)17-11-7-4-8-12-17)18(27-14)13-26-21(24)16-9-5-3-6-10-16/h3-12,14,18-20H,13H2,1-2H3/t14?,18-,19?,20?/m0/s1. The monoisotopic (exact) mass is 398 g/mol. The van der Waals surface area contributed by atoms with Gasteiger partial charge in [-0.3, -0.25) is 4.79 Å². The van der Waals surface area contributed by atoms with E-state index in [-0.39, 0.29) is 6.61 Å². The van der Waals surface area contributed by atoms with E-state index in [4.69, 9.17) is 18.9 Å². The summed E-state index contributed by atoms with van der Waals surface area (Å²) < 4.78 is 22.0. The molecule has 1 fully saturated rings. The molecule has 7 nitrogen and oxygen atoms in total. The van der Waals surface area contributed by atoms with E-state index in [0.717, 1.165) is 0 Å². The second kappa shape index (κ2) is 9.34. The normalized spacial score (nSPS) is 23.2. The summed E-state index contributed by atoms with van der Waals surface area (Å²) in [5.41, 5.74) is 0.751. The fraction of sp³-hybridized carbons (Fsp3) is 0.318. The van der Waals surface area contributed by atoms with E-state index in [1.807, 2.05) is 0 Å². The van der Waals surface area contributed by atoms with Gasteiger partial charge in [-0.15, -0.1) is 0 Å². The van der Waals surface area contributed by atoms with Gasteiger partial charge in [0, 0.05) is 6.92 Å². The van der Waals surface area contributed by atoms with Gasteiger partial charge < -0.3 is 18.9 Å². The van der Waals surface area contributed by atoms with Crippen LogP contribution < -0.4 is 0 Å². The van der Waals surface area contributed by atoms with E-state index in [9.17, 15) is 14.4 Å². The maximum Gasteiger partial charge on any atom is 0.338 e. The Balaban J connectivity index is 1.72. The zero-order chi connectivity index (χ0) is 20.8. The van der Waals surface area contributed by atoms with Gasteiger partial charge in [-0.05, 0) is 31.2 Å². The summed E-state index contributed by atoms with van der Waals surface area (Å²) in [6.45, 7) is 2.82. The van der Waals surface area contributed by atoms with E-state index in [1.54, 1.807) is 67.6 Å². The SMILES string of the molecule is CC(=O)OC1C(C)O[C@@H](COC(=O)c2ccccc2)C1OC(=O)c1ccccc1. The van der Waals surface area contributed by atoms with Crippen LogP contribution in [0.5, 0.6) is 0 Å². The van der Waals surface area contributed by atoms with E-state index < -0.39 is 42.3 Å². The smallest absolute Gasteiger partial charge is 0.338 e. The molecule has 2 aromatic carbocycles. The van der Waals surface area contributed by atoms with Crippen molar-refractivity contribution < 1.29 is 33.3 Å². The van der Waals surface area contributed by atoms with E-state index in [2.05, 4.69) is 0 Å². The van der Waals surface area contributed by atoms with Crippen molar-refractivity contribution in [3.8, 4) is 0 Å². The van der Waals surface area contributed by atoms with Gasteiger partial charge in [0.2, 0.25) is 0 Å². The third-order valence-corrected chi connectivity index (χ3v) is 4.49. The first-order valence-corrected chi connectivity index (χ1v) is 9.26. The number of rotatable bonds is 6. The summed E-state index contributed by atoms with van der Waals surface area (Å²) in [4.78, 5) is 36.2. The fourth-order valence-electron chi connectivity index (χ4n) is 3.12. The molecule has 7 heteroatoms. The molecule has 1 aliphatic rings. The van der Waals surface area contributed by atoms with Gasteiger partial charge in [0.05, 0.1) is 17.2 Å². The lowest BCUT2D eigenvalue weighted by molar-refractivity contribution is -0.152. The number of benzene rings is 2. The fourth-order valence-corrected chi connectivity index (χ4v) is 3.12. The topological polar surface area (TPSA) is 88.1 Å². The van der Waals surface area contributed by atoms with E-state index in [1.165, 1.54) is 6.92 Å². The molecule has 0 aliphatic carbocycles. The van der Waals surface area contributed by atoms with Gasteiger partial charge >= 0.3 is 17.9 Å². The molecule has 0 aromatic heterocycles. The molecule has 0 amide bonds. The average Bonchev–Trinajstić information content (AvgIpc) is 3.01. The minimum Gasteiger partial charge on any atom is -0.459 e. The summed E-state index contributed by atoms with van der Waals surface area (Å²) in [5, 5.41) is 0. The third-order valence-electron chi connectivity index (χ3n) is 4.49. The Labute approximate surface area is 168 Å². The summed E-state index contributed by atoms with van der Waals surface area (Å²) in [7, 11) is 0. The predicted octanol–water partition coefficient (Wildman–Crippen LogP) is 2.79. The van der Waals surface area contributed by atoms with Gasteiger partial charge in [-0.25, -0.2) is 9.59 Å². The van der Waals surface area contributed by atoms with Crippen molar-refractivity contribution in [2.24, 2.45) is 0 Å². The lowest BCUT2D eigenvalue weighted by Crippen LogP contribution is -2.41. The zero-order valence-corrected chi connectivity index (χ0v) is 16.1. The van der Waals surface area contributed by atoms with Crippen LogP contribution in [-0.4, -0.2) is 48.9 Å². The van der Waals surface area contributed by atoms with Crippen LogP contribution in [0.2, 0.25) is 0 Å². The van der Waals surface area contributed by atoms with Crippen LogP contribution in [0.3, 0.4) is 0 Å². The van der Waals surface area contributed by atoms with Crippen LogP contribution in [-0.2, 0) is 23.7 Å². The van der Waals surface area contributed by atoms with Crippen LogP contribution in [0.15, 0.2) is 60.7 Å². The molecule has 1 aliphatic heterocycles. The van der Waals surface area contributed by atoms with E-state index >= 15 is 0 Å². The maximum absolute atomic E-state index is 12.5. The number of hydrogen-bond donors (Lipinski definition) is 0. The van der Waals surface area contributed by atoms with Crippen molar-refractivity contribution >= 4 is 17.9 Å². The van der Waals surface area contributed by atoms with Crippen LogP contribution in [0.25, 0.3) is 0 Å². The number of ether oxygens (including phenoxy) is 4. The van der Waals surface area contributed by atoms with Gasteiger partial charge in [0.1, 0.15) is 12.7 Å². The second-order valence-corrected chi connectivity index (χ2v) is 6.65. The first-order valence-electron chi connectivity index (χ1n) is 9.26. The summed E-state index contributed by atoms with van der Waals surface area (Å²) in [6.07, 6.45) is -3.02. The molecule has 1 saturated heterocycles. The molecule has 1 heterocycles. The summed E-state index contributed by atoms with van der Waals surface area (Å²) in [6, 6.07) is 17.0. The van der Waals surface area contributed by atoms with Crippen LogP contribution >= 0.6 is 0 Å². The number of hydrogen-bond acceptors (Lipinski definition) is 7. The second-order valence-electron chi connectivity index (χ2n) is 6.65. The maximum atomic E-state index is 12.5. The van der Waals surface area contributed by atoms with Gasteiger partial charge in [-0.1, -0.05) is 36.4 Å². The first kappa shape index (κ1) is 20.5. The molecule has 0 radical (unpaired) electrons. The van der Waals surface area contributed by atoms with Crippen molar-refractivity contribution in [2.75, 3.05) is 6.61 Å². The Kier molecular flexibility index (Phi) is 6.61. The lowest BCUT2D eigenvalue weighted by Gasteiger charge is -2.23. The van der Waals surface area contributed by atoms with Crippen molar-refractivity contribution in [2.45, 2.75) is 38.3 Å². The molecule has 0 spiro atoms. The van der Waals surface area contributed by atoms with Crippen LogP contribution in [0.1, 0.15) is 34.6 Å². The van der Waals surface area contributed by atoms with Crippen molar-refractivity contribution in [1.29, 1.82) is 0 Å². The van der Waals surface area contributed by atoms with Gasteiger partial charge in [0.15, 0.2) is 12.2 Å². The van der Waals surface area contributed by atoms with E-state index in [0.29, 0.717) is 11.1 Å². The quantitative estimate of drug-likeness (QED) is 0.546. The van der Waals surface area contributed by atoms with Gasteiger partial charge in [-0.2, -0.15) is 0 Å². The Morgan fingerprint density at radius 3 is 1.93 bits per heavy atom. The lowest BCUT2D eigenvalue weighted by atomic mass is 10.1. The Morgan fingerprint density at radius 2 is 1.38 bits per heavy atom. The molecule has 29 heavy (non-hydrogen) atoms. The van der Waals surface area contributed by atoms with Gasteiger partial charge in [0.25, 0.3) is 0 Å². The molecule has 4 atom stereocenters. The van der Waals surface area contributed by atoms with Crippen molar-refractivity contribution in [3.63, 3.8) is 0 Å². The molecule has 3 unspecified atom stereocenters. The summed E-state index contributed by atoms with van der Waals surface area (Å²) in [5.74, 6) is -1.62. The minimum absolute atomic E-state index is 0.150. The first-order chi connectivity index (χ1) is 14.0. The number of esters is 3. The molecule has 0 N–H and O–H groups in total. The number of carbonyl (C=O) groups is 3. The molecule has 0 saturated carbocycles. The average molecular weight is 398 g/mol. The highest BCUT2D eigenvalue weighted by molar-refractivity contribution is 5.90. The number of carbonyl (C=O) groups excluding carboxylic acids is 3. The zero-order valence-electron chi connectivity index (χ0n) is 16.1. The highest BCUT2D eigenvalue weighted by atomic mass is 16.6. The largest absolute Gasteiger partial charge is 0.459 e. The van der Waals surface area contributed by atoms with Crippen molar-refractivity contribution in [3.05, 3.63) is 71.8 Å². The summed E-state index contributed by atoms with van der Waals surface area (Å²) >= 11 is 0. The molecular formula is C22H22O7. The Morgan fingerprint density at radius 1 is 0.828 bits per heavy atom. The minimum atomic E-state index is -0.912. The van der Waals surface area contributed by atoms with Crippen LogP contribution in [0.4, 0.5) is 0 Å².